The van der Waals surface area contributed by atoms with E-state index in [1.54, 1.807) is 24.5 Å². The third kappa shape index (κ3) is 2.47. The van der Waals surface area contributed by atoms with E-state index in [-0.39, 0.29) is 5.91 Å². The molecule has 1 aliphatic heterocycles. The zero-order valence-corrected chi connectivity index (χ0v) is 13.5. The minimum absolute atomic E-state index is 0.0324. The molecular weight excluding hydrogens is 304 g/mol. The summed E-state index contributed by atoms with van der Waals surface area (Å²) in [6.45, 7) is 4.84. The van der Waals surface area contributed by atoms with Crippen LogP contribution in [0.3, 0.4) is 0 Å². The number of nitrogens with zero attached hydrogens (tertiary/aromatic N) is 6. The van der Waals surface area contributed by atoms with Gasteiger partial charge in [0.05, 0.1) is 5.56 Å². The predicted molar refractivity (Wildman–Crippen MR) is 90.1 cm³/mol. The van der Waals surface area contributed by atoms with E-state index in [1.807, 2.05) is 30.0 Å². The van der Waals surface area contributed by atoms with Crippen LogP contribution >= 0.6 is 0 Å². The van der Waals surface area contributed by atoms with Crippen molar-refractivity contribution in [2.24, 2.45) is 0 Å². The number of aryl methyl sites for hydroxylation is 1. The summed E-state index contributed by atoms with van der Waals surface area (Å²) in [4.78, 5) is 20.6. The third-order valence-electron chi connectivity index (χ3n) is 4.36. The average molecular weight is 322 g/mol. The average Bonchev–Trinajstić information content (AvgIpc) is 3.07. The largest absolute Gasteiger partial charge is 0.337 e. The summed E-state index contributed by atoms with van der Waals surface area (Å²) < 4.78 is 2.05. The van der Waals surface area contributed by atoms with E-state index in [1.165, 1.54) is 0 Å². The number of aromatic nitrogens is 4. The van der Waals surface area contributed by atoms with Crippen LogP contribution in [-0.4, -0.2) is 56.6 Å². The molecule has 0 unspecified atom stereocenters. The van der Waals surface area contributed by atoms with Gasteiger partial charge in [-0.1, -0.05) is 6.07 Å². The molecule has 1 aliphatic rings. The van der Waals surface area contributed by atoms with Crippen molar-refractivity contribution in [3.05, 3.63) is 54.0 Å². The molecule has 4 heterocycles. The minimum Gasteiger partial charge on any atom is -0.337 e. The number of piperazine rings is 1. The highest BCUT2D eigenvalue weighted by molar-refractivity contribution is 5.94. The maximum absolute atomic E-state index is 12.5. The molecule has 1 amide bonds. The van der Waals surface area contributed by atoms with Crippen molar-refractivity contribution in [2.45, 2.75) is 6.92 Å². The Morgan fingerprint density at radius 3 is 2.62 bits per heavy atom. The van der Waals surface area contributed by atoms with Crippen LogP contribution in [0, 0.1) is 6.92 Å². The first-order chi connectivity index (χ1) is 11.7. The Morgan fingerprint density at radius 1 is 1.04 bits per heavy atom. The van der Waals surface area contributed by atoms with Gasteiger partial charge in [0.1, 0.15) is 0 Å². The Balaban J connectivity index is 1.51. The van der Waals surface area contributed by atoms with Crippen LogP contribution in [0.2, 0.25) is 0 Å². The number of carbonyl (C=O) groups is 1. The monoisotopic (exact) mass is 322 g/mol. The van der Waals surface area contributed by atoms with Gasteiger partial charge in [0.2, 0.25) is 5.95 Å². The Labute approximate surface area is 139 Å². The van der Waals surface area contributed by atoms with E-state index in [0.29, 0.717) is 18.7 Å². The van der Waals surface area contributed by atoms with Crippen LogP contribution in [0.1, 0.15) is 16.1 Å². The summed E-state index contributed by atoms with van der Waals surface area (Å²) in [5, 5.41) is 8.57. The highest BCUT2D eigenvalue weighted by Crippen LogP contribution is 2.18. The second-order valence-electron chi connectivity index (χ2n) is 5.88. The Morgan fingerprint density at radius 2 is 1.88 bits per heavy atom. The number of hydrogen-bond acceptors (Lipinski definition) is 5. The number of rotatable bonds is 2. The van der Waals surface area contributed by atoms with Gasteiger partial charge in [-0.2, -0.15) is 0 Å². The summed E-state index contributed by atoms with van der Waals surface area (Å²) in [6.07, 6.45) is 3.29. The quantitative estimate of drug-likeness (QED) is 0.713. The topological polar surface area (TPSA) is 66.6 Å². The molecule has 0 aliphatic carbocycles. The molecule has 0 radical (unpaired) electrons. The summed E-state index contributed by atoms with van der Waals surface area (Å²) in [5.74, 6) is 0.876. The molecule has 0 bridgehead atoms. The number of carbonyl (C=O) groups excluding carboxylic acids is 1. The molecule has 24 heavy (non-hydrogen) atoms. The van der Waals surface area contributed by atoms with Crippen molar-refractivity contribution < 1.29 is 4.79 Å². The van der Waals surface area contributed by atoms with E-state index in [4.69, 9.17) is 0 Å². The van der Waals surface area contributed by atoms with Crippen LogP contribution in [0.4, 0.5) is 5.95 Å². The zero-order chi connectivity index (χ0) is 16.5. The standard InChI is InChI=1S/C17H18N6O/c1-13-4-2-6-15-19-20-17(23(13)15)22-10-8-21(9-11-22)16(24)14-5-3-7-18-12-14/h2-7,12H,8-11H2,1H3. The molecule has 1 saturated heterocycles. The number of hydrogen-bond donors (Lipinski definition) is 0. The minimum atomic E-state index is 0.0324. The molecule has 122 valence electrons. The van der Waals surface area contributed by atoms with Crippen LogP contribution in [-0.2, 0) is 0 Å². The van der Waals surface area contributed by atoms with Crippen molar-refractivity contribution in [3.8, 4) is 0 Å². The molecular formula is C17H18N6O. The molecule has 0 atom stereocenters. The smallest absolute Gasteiger partial charge is 0.255 e. The highest BCUT2D eigenvalue weighted by atomic mass is 16.2. The number of fused-ring (bicyclic) bond motifs is 1. The van der Waals surface area contributed by atoms with E-state index in [9.17, 15) is 4.79 Å². The van der Waals surface area contributed by atoms with E-state index in [2.05, 4.69) is 24.5 Å². The van der Waals surface area contributed by atoms with Gasteiger partial charge >= 0.3 is 0 Å². The molecule has 0 saturated carbocycles. The van der Waals surface area contributed by atoms with Crippen molar-refractivity contribution in [1.29, 1.82) is 0 Å². The lowest BCUT2D eigenvalue weighted by Crippen LogP contribution is -2.49. The van der Waals surface area contributed by atoms with Gasteiger partial charge in [0.25, 0.3) is 5.91 Å². The van der Waals surface area contributed by atoms with E-state index in [0.717, 1.165) is 30.4 Å². The predicted octanol–water partition coefficient (Wildman–Crippen LogP) is 1.40. The normalized spacial score (nSPS) is 15.0. The molecule has 7 heteroatoms. The number of amides is 1. The van der Waals surface area contributed by atoms with Crippen molar-refractivity contribution in [3.63, 3.8) is 0 Å². The van der Waals surface area contributed by atoms with Crippen molar-refractivity contribution in [1.82, 2.24) is 24.5 Å². The third-order valence-corrected chi connectivity index (χ3v) is 4.36. The van der Waals surface area contributed by atoms with Crippen LogP contribution in [0.15, 0.2) is 42.7 Å². The first-order valence-corrected chi connectivity index (χ1v) is 7.99. The lowest BCUT2D eigenvalue weighted by Gasteiger charge is -2.34. The van der Waals surface area contributed by atoms with E-state index < -0.39 is 0 Å². The molecule has 0 N–H and O–H groups in total. The first-order valence-electron chi connectivity index (χ1n) is 7.99. The van der Waals surface area contributed by atoms with Crippen molar-refractivity contribution in [2.75, 3.05) is 31.1 Å². The summed E-state index contributed by atoms with van der Waals surface area (Å²) in [7, 11) is 0. The zero-order valence-electron chi connectivity index (χ0n) is 13.5. The summed E-state index contributed by atoms with van der Waals surface area (Å²) in [5.41, 5.74) is 2.58. The number of anilines is 1. The maximum atomic E-state index is 12.5. The SMILES string of the molecule is Cc1cccc2nnc(N3CCN(C(=O)c4cccnc4)CC3)n12. The van der Waals surface area contributed by atoms with Gasteiger partial charge < -0.3 is 9.80 Å². The molecule has 4 rings (SSSR count). The Bertz CT molecular complexity index is 867. The molecule has 0 aromatic carbocycles. The molecule has 7 nitrogen and oxygen atoms in total. The molecule has 1 fully saturated rings. The second kappa shape index (κ2) is 5.92. The summed E-state index contributed by atoms with van der Waals surface area (Å²) >= 11 is 0. The van der Waals surface area contributed by atoms with Gasteiger partial charge in [0.15, 0.2) is 5.65 Å². The second-order valence-corrected chi connectivity index (χ2v) is 5.88. The van der Waals surface area contributed by atoms with E-state index >= 15 is 0 Å². The molecule has 3 aromatic rings. The summed E-state index contributed by atoms with van der Waals surface area (Å²) in [6, 6.07) is 9.56. The fraction of sp³-hybridized carbons (Fsp3) is 0.294. The van der Waals surface area contributed by atoms with Crippen LogP contribution in [0.5, 0.6) is 0 Å². The lowest BCUT2D eigenvalue weighted by molar-refractivity contribution is 0.0745. The van der Waals surface area contributed by atoms with Gasteiger partial charge in [-0.3, -0.25) is 14.2 Å². The maximum Gasteiger partial charge on any atom is 0.255 e. The van der Waals surface area contributed by atoms with Gasteiger partial charge in [0, 0.05) is 44.3 Å². The molecule has 3 aromatic heterocycles. The van der Waals surface area contributed by atoms with Crippen LogP contribution < -0.4 is 4.90 Å². The van der Waals surface area contributed by atoms with Gasteiger partial charge in [-0.25, -0.2) is 0 Å². The van der Waals surface area contributed by atoms with Gasteiger partial charge in [-0.15, -0.1) is 10.2 Å². The highest BCUT2D eigenvalue weighted by Gasteiger charge is 2.25. The van der Waals surface area contributed by atoms with Crippen LogP contribution in [0.25, 0.3) is 5.65 Å². The van der Waals surface area contributed by atoms with Crippen molar-refractivity contribution >= 4 is 17.5 Å². The number of pyridine rings is 2. The van der Waals surface area contributed by atoms with Gasteiger partial charge in [-0.05, 0) is 31.2 Å². The fourth-order valence-corrected chi connectivity index (χ4v) is 3.07. The Kier molecular flexibility index (Phi) is 3.60. The Hall–Kier alpha value is -2.96. The fourth-order valence-electron chi connectivity index (χ4n) is 3.07. The first kappa shape index (κ1) is 14.6. The molecule has 0 spiro atoms. The lowest BCUT2D eigenvalue weighted by atomic mass is 10.2.